The second kappa shape index (κ2) is 4.07. The first-order chi connectivity index (χ1) is 7.14. The Bertz CT molecular complexity index is 303. The van der Waals surface area contributed by atoms with Gasteiger partial charge in [0.15, 0.2) is 0 Å². The molecule has 0 aromatic heterocycles. The third-order valence-electron chi connectivity index (χ3n) is 3.02. The average molecular weight is 226 g/mol. The lowest BCUT2D eigenvalue weighted by molar-refractivity contribution is -0.151. The summed E-state index contributed by atoms with van der Waals surface area (Å²) in [4.78, 5) is 25.2. The highest BCUT2D eigenvalue weighted by Crippen LogP contribution is 2.24. The van der Waals surface area contributed by atoms with Crippen molar-refractivity contribution in [3.63, 3.8) is 0 Å². The van der Waals surface area contributed by atoms with Gasteiger partial charge in [0.05, 0.1) is 6.54 Å². The van der Waals surface area contributed by atoms with E-state index in [-0.39, 0.29) is 23.8 Å². The summed E-state index contributed by atoms with van der Waals surface area (Å²) in [6.45, 7) is 10.8. The van der Waals surface area contributed by atoms with Gasteiger partial charge >= 0.3 is 0 Å². The van der Waals surface area contributed by atoms with Crippen LogP contribution in [-0.2, 0) is 9.59 Å². The molecule has 92 valence electrons. The van der Waals surface area contributed by atoms with Crippen LogP contribution >= 0.6 is 0 Å². The minimum absolute atomic E-state index is 0.00819. The van der Waals surface area contributed by atoms with Gasteiger partial charge in [0.25, 0.3) is 0 Å². The number of carbonyl (C=O) groups is 2. The third-order valence-corrected chi connectivity index (χ3v) is 3.02. The van der Waals surface area contributed by atoms with E-state index in [1.807, 2.05) is 0 Å². The molecule has 0 spiro atoms. The fourth-order valence-corrected chi connectivity index (χ4v) is 1.75. The summed E-state index contributed by atoms with van der Waals surface area (Å²) in [7, 11) is 0. The summed E-state index contributed by atoms with van der Waals surface area (Å²) < 4.78 is 0. The monoisotopic (exact) mass is 226 g/mol. The summed E-state index contributed by atoms with van der Waals surface area (Å²) in [5.74, 6) is -0.0603. The molecule has 0 atom stereocenters. The van der Waals surface area contributed by atoms with Gasteiger partial charge in [-0.3, -0.25) is 9.59 Å². The minimum Gasteiger partial charge on any atom is -0.345 e. The molecule has 0 radical (unpaired) electrons. The summed E-state index contributed by atoms with van der Waals surface area (Å²) >= 11 is 0. The molecule has 1 fully saturated rings. The summed E-state index contributed by atoms with van der Waals surface area (Å²) in [5.41, 5.74) is -0.551. The average Bonchev–Trinajstić information content (AvgIpc) is 2.09. The number of carbonyl (C=O) groups excluding carboxylic acids is 2. The SMILES string of the molecule is CC(C)(C)CCN1C(=O)CNC(=O)C1(C)C. The van der Waals surface area contributed by atoms with Crippen molar-refractivity contribution in [2.75, 3.05) is 13.1 Å². The molecule has 1 aliphatic heterocycles. The van der Waals surface area contributed by atoms with Gasteiger partial charge in [0.2, 0.25) is 11.8 Å². The van der Waals surface area contributed by atoms with Gasteiger partial charge in [-0.15, -0.1) is 0 Å². The van der Waals surface area contributed by atoms with Crippen molar-refractivity contribution in [3.05, 3.63) is 0 Å². The number of nitrogens with zero attached hydrogens (tertiary/aromatic N) is 1. The van der Waals surface area contributed by atoms with Gasteiger partial charge in [0.1, 0.15) is 5.54 Å². The lowest BCUT2D eigenvalue weighted by Gasteiger charge is -2.42. The topological polar surface area (TPSA) is 49.4 Å². The van der Waals surface area contributed by atoms with E-state index in [2.05, 4.69) is 26.1 Å². The molecule has 1 heterocycles. The maximum Gasteiger partial charge on any atom is 0.245 e. The van der Waals surface area contributed by atoms with Gasteiger partial charge in [-0.05, 0) is 25.7 Å². The molecule has 4 nitrogen and oxygen atoms in total. The zero-order chi connectivity index (χ0) is 12.6. The largest absolute Gasteiger partial charge is 0.345 e. The van der Waals surface area contributed by atoms with Crippen molar-refractivity contribution in [1.82, 2.24) is 10.2 Å². The smallest absolute Gasteiger partial charge is 0.245 e. The van der Waals surface area contributed by atoms with E-state index in [9.17, 15) is 9.59 Å². The quantitative estimate of drug-likeness (QED) is 0.768. The number of hydrogen-bond acceptors (Lipinski definition) is 2. The predicted octanol–water partition coefficient (Wildman–Crippen LogP) is 1.16. The highest BCUT2D eigenvalue weighted by atomic mass is 16.2. The Kier molecular flexibility index (Phi) is 3.31. The molecule has 0 aromatic carbocycles. The van der Waals surface area contributed by atoms with Gasteiger partial charge < -0.3 is 10.2 Å². The summed E-state index contributed by atoms with van der Waals surface area (Å²) in [6.07, 6.45) is 0.898. The van der Waals surface area contributed by atoms with E-state index in [0.29, 0.717) is 6.54 Å². The Labute approximate surface area is 97.4 Å². The van der Waals surface area contributed by atoms with Crippen molar-refractivity contribution in [2.24, 2.45) is 5.41 Å². The Balaban J connectivity index is 2.75. The molecule has 0 aliphatic carbocycles. The van der Waals surface area contributed by atoms with Crippen LogP contribution in [-0.4, -0.2) is 35.3 Å². The van der Waals surface area contributed by atoms with Crippen LogP contribution in [0.4, 0.5) is 0 Å². The van der Waals surface area contributed by atoms with Gasteiger partial charge in [-0.1, -0.05) is 20.8 Å². The fourth-order valence-electron chi connectivity index (χ4n) is 1.75. The Morgan fingerprint density at radius 1 is 1.31 bits per heavy atom. The highest BCUT2D eigenvalue weighted by Gasteiger charge is 2.41. The second-order valence-electron chi connectivity index (χ2n) is 6.10. The highest BCUT2D eigenvalue weighted by molar-refractivity contribution is 5.97. The van der Waals surface area contributed by atoms with E-state index >= 15 is 0 Å². The van der Waals surface area contributed by atoms with Crippen LogP contribution in [0.1, 0.15) is 41.0 Å². The van der Waals surface area contributed by atoms with E-state index in [1.165, 1.54) is 0 Å². The molecule has 0 unspecified atom stereocenters. The van der Waals surface area contributed by atoms with E-state index in [4.69, 9.17) is 0 Å². The van der Waals surface area contributed by atoms with Crippen molar-refractivity contribution < 1.29 is 9.59 Å². The van der Waals surface area contributed by atoms with Crippen molar-refractivity contribution in [2.45, 2.75) is 46.6 Å². The molecular weight excluding hydrogens is 204 g/mol. The molecule has 0 aromatic rings. The molecule has 16 heavy (non-hydrogen) atoms. The molecule has 1 saturated heterocycles. The maximum atomic E-state index is 11.8. The maximum absolute atomic E-state index is 11.8. The minimum atomic E-state index is -0.722. The van der Waals surface area contributed by atoms with Gasteiger partial charge in [-0.25, -0.2) is 0 Å². The molecule has 0 bridgehead atoms. The Morgan fingerprint density at radius 3 is 2.38 bits per heavy atom. The molecule has 1 N–H and O–H groups in total. The first-order valence-corrected chi connectivity index (χ1v) is 5.73. The zero-order valence-corrected chi connectivity index (χ0v) is 10.9. The number of nitrogens with one attached hydrogen (secondary N) is 1. The van der Waals surface area contributed by atoms with Crippen molar-refractivity contribution >= 4 is 11.8 Å². The van der Waals surface area contributed by atoms with Crippen LogP contribution in [0.3, 0.4) is 0 Å². The van der Waals surface area contributed by atoms with E-state index < -0.39 is 5.54 Å². The third kappa shape index (κ3) is 2.74. The molecule has 4 heteroatoms. The van der Waals surface area contributed by atoms with E-state index in [1.54, 1.807) is 18.7 Å². The van der Waals surface area contributed by atoms with Gasteiger partial charge in [-0.2, -0.15) is 0 Å². The lowest BCUT2D eigenvalue weighted by atomic mass is 9.90. The normalized spacial score (nSPS) is 20.9. The molecule has 0 saturated carbocycles. The van der Waals surface area contributed by atoms with Crippen LogP contribution in [0.15, 0.2) is 0 Å². The van der Waals surface area contributed by atoms with Crippen LogP contribution < -0.4 is 5.32 Å². The Hall–Kier alpha value is -1.06. The van der Waals surface area contributed by atoms with Crippen molar-refractivity contribution in [3.8, 4) is 0 Å². The van der Waals surface area contributed by atoms with Crippen LogP contribution in [0.2, 0.25) is 0 Å². The second-order valence-corrected chi connectivity index (χ2v) is 6.10. The Morgan fingerprint density at radius 2 is 1.88 bits per heavy atom. The molecule has 1 aliphatic rings. The van der Waals surface area contributed by atoms with Crippen LogP contribution in [0, 0.1) is 5.41 Å². The van der Waals surface area contributed by atoms with Crippen LogP contribution in [0.25, 0.3) is 0 Å². The summed E-state index contributed by atoms with van der Waals surface area (Å²) in [6, 6.07) is 0. The number of rotatable bonds is 2. The predicted molar refractivity (Wildman–Crippen MR) is 62.9 cm³/mol. The number of hydrogen-bond donors (Lipinski definition) is 1. The lowest BCUT2D eigenvalue weighted by Crippen LogP contribution is -2.64. The first kappa shape index (κ1) is 13.0. The van der Waals surface area contributed by atoms with Crippen molar-refractivity contribution in [1.29, 1.82) is 0 Å². The summed E-state index contributed by atoms with van der Waals surface area (Å²) in [5, 5.41) is 2.62. The zero-order valence-electron chi connectivity index (χ0n) is 10.9. The van der Waals surface area contributed by atoms with Gasteiger partial charge in [0, 0.05) is 6.54 Å². The standard InChI is InChI=1S/C12H22N2O2/c1-11(2,3)6-7-14-9(15)8-13-10(16)12(14,4)5/h6-8H2,1-5H3,(H,13,16). The fraction of sp³-hybridized carbons (Fsp3) is 0.833. The van der Waals surface area contributed by atoms with E-state index in [0.717, 1.165) is 6.42 Å². The first-order valence-electron chi connectivity index (χ1n) is 5.73. The number of amides is 2. The molecule has 2 amide bonds. The van der Waals surface area contributed by atoms with Crippen LogP contribution in [0.5, 0.6) is 0 Å². The molecular formula is C12H22N2O2. The molecule has 1 rings (SSSR count). The number of piperazine rings is 1.